The average molecular weight is 729 g/mol. The lowest BCUT2D eigenvalue weighted by atomic mass is 9.73. The molecule has 57 heavy (non-hydrogen) atoms. The Labute approximate surface area is 334 Å². The minimum absolute atomic E-state index is 0.225. The van der Waals surface area contributed by atoms with Crippen LogP contribution in [0.5, 0.6) is 0 Å². The Hall–Kier alpha value is -7.16. The van der Waals surface area contributed by atoms with Gasteiger partial charge in [0.25, 0.3) is 0 Å². The van der Waals surface area contributed by atoms with E-state index in [1.165, 1.54) is 55.6 Å². The summed E-state index contributed by atoms with van der Waals surface area (Å²) in [4.78, 5) is 10.3. The second-order valence-corrected chi connectivity index (χ2v) is 15.3. The average Bonchev–Trinajstić information content (AvgIpc) is 3.31. The van der Waals surface area contributed by atoms with Gasteiger partial charge in [0, 0.05) is 22.1 Å². The normalized spacial score (nSPS) is 12.5. The van der Waals surface area contributed by atoms with Crippen LogP contribution in [0.4, 0.5) is 0 Å². The molecule has 2 nitrogen and oxygen atoms in total. The zero-order chi connectivity index (χ0) is 38.3. The SMILES string of the molecule is CC1(C)c2ccccc2-c2ccccc2-c2c(-c3ccc(-c4cc(-c5ccccc5)nc(-c5cccc(-c6ccccc6)c5)n4)cc3)cccc2-c2ccccc21. The van der Waals surface area contributed by atoms with Gasteiger partial charge in [-0.2, -0.15) is 0 Å². The topological polar surface area (TPSA) is 25.8 Å². The quantitative estimate of drug-likeness (QED) is 0.176. The number of nitrogens with zero attached hydrogens (tertiary/aromatic N) is 2. The molecule has 1 aliphatic carbocycles. The monoisotopic (exact) mass is 728 g/mol. The van der Waals surface area contributed by atoms with E-state index < -0.39 is 0 Å². The molecule has 0 unspecified atom stereocenters. The van der Waals surface area contributed by atoms with Crippen molar-refractivity contribution < 1.29 is 0 Å². The third-order valence-corrected chi connectivity index (χ3v) is 11.6. The second-order valence-electron chi connectivity index (χ2n) is 15.3. The van der Waals surface area contributed by atoms with Crippen LogP contribution in [0.1, 0.15) is 25.0 Å². The van der Waals surface area contributed by atoms with Crippen molar-refractivity contribution in [2.24, 2.45) is 0 Å². The van der Waals surface area contributed by atoms with Crippen molar-refractivity contribution in [2.45, 2.75) is 19.3 Å². The van der Waals surface area contributed by atoms with Crippen molar-refractivity contribution in [1.29, 1.82) is 0 Å². The van der Waals surface area contributed by atoms with Crippen LogP contribution in [0.15, 0.2) is 206 Å². The standard InChI is InChI=1S/C55H40N2/c1-55(2)49-29-13-11-24-45(49)44-23-9-10-26-47(44)53-43(27-16-28-48(53)46-25-12-14-30-50(46)55)38-31-33-40(34-32-38)52-36-51(39-19-7-4-8-20-39)56-54(57-52)42-22-15-21-41(35-42)37-17-5-3-6-18-37/h3-36H,1-2H3. The number of aromatic nitrogens is 2. The van der Waals surface area contributed by atoms with Crippen LogP contribution in [-0.2, 0) is 5.41 Å². The molecular weight excluding hydrogens is 689 g/mol. The van der Waals surface area contributed by atoms with Crippen LogP contribution >= 0.6 is 0 Å². The fourth-order valence-electron chi connectivity index (χ4n) is 8.68. The van der Waals surface area contributed by atoms with Gasteiger partial charge in [0.2, 0.25) is 0 Å². The Bertz CT molecular complexity index is 2910. The van der Waals surface area contributed by atoms with Crippen molar-refractivity contribution in [2.75, 3.05) is 0 Å². The highest BCUT2D eigenvalue weighted by atomic mass is 14.9. The van der Waals surface area contributed by atoms with Crippen LogP contribution in [0.3, 0.4) is 0 Å². The fourth-order valence-corrected chi connectivity index (χ4v) is 8.68. The van der Waals surface area contributed by atoms with E-state index >= 15 is 0 Å². The van der Waals surface area contributed by atoms with Crippen LogP contribution in [0, 0.1) is 0 Å². The first-order chi connectivity index (χ1) is 28.0. The molecule has 0 N–H and O–H groups in total. The molecule has 0 saturated carbocycles. The fraction of sp³-hybridized carbons (Fsp3) is 0.0545. The first-order valence-corrected chi connectivity index (χ1v) is 19.7. The van der Waals surface area contributed by atoms with Crippen molar-refractivity contribution in [3.05, 3.63) is 217 Å². The zero-order valence-electron chi connectivity index (χ0n) is 32.0. The van der Waals surface area contributed by atoms with Gasteiger partial charge < -0.3 is 0 Å². The molecule has 0 atom stereocenters. The molecule has 10 rings (SSSR count). The number of benzene rings is 8. The lowest BCUT2D eigenvalue weighted by molar-refractivity contribution is 0.645. The molecule has 2 heteroatoms. The van der Waals surface area contributed by atoms with E-state index in [9.17, 15) is 0 Å². The Morgan fingerprint density at radius 1 is 0.298 bits per heavy atom. The largest absolute Gasteiger partial charge is 0.228 e. The predicted molar refractivity (Wildman–Crippen MR) is 238 cm³/mol. The highest BCUT2D eigenvalue weighted by molar-refractivity contribution is 6.01. The smallest absolute Gasteiger partial charge is 0.160 e. The summed E-state index contributed by atoms with van der Waals surface area (Å²) in [7, 11) is 0. The van der Waals surface area contributed by atoms with E-state index in [0.717, 1.165) is 39.2 Å². The molecule has 1 heterocycles. The molecule has 0 aliphatic heterocycles. The van der Waals surface area contributed by atoms with Crippen LogP contribution in [0.2, 0.25) is 0 Å². The van der Waals surface area contributed by atoms with Gasteiger partial charge in [0.15, 0.2) is 5.82 Å². The molecule has 0 amide bonds. The molecule has 270 valence electrons. The Kier molecular flexibility index (Phi) is 8.53. The molecule has 8 aromatic carbocycles. The van der Waals surface area contributed by atoms with Crippen LogP contribution in [-0.4, -0.2) is 9.97 Å². The maximum atomic E-state index is 5.22. The molecule has 9 aromatic rings. The zero-order valence-corrected chi connectivity index (χ0v) is 32.0. The summed E-state index contributed by atoms with van der Waals surface area (Å²) in [5, 5.41) is 0. The molecule has 0 spiro atoms. The van der Waals surface area contributed by atoms with Crippen LogP contribution < -0.4 is 0 Å². The third kappa shape index (κ3) is 6.16. The Balaban J connectivity index is 1.13. The van der Waals surface area contributed by atoms with E-state index in [4.69, 9.17) is 9.97 Å². The van der Waals surface area contributed by atoms with E-state index in [1.807, 2.05) is 12.1 Å². The molecule has 1 aliphatic rings. The maximum Gasteiger partial charge on any atom is 0.160 e. The Morgan fingerprint density at radius 3 is 1.40 bits per heavy atom. The van der Waals surface area contributed by atoms with Crippen molar-refractivity contribution >= 4 is 0 Å². The summed E-state index contributed by atoms with van der Waals surface area (Å²) >= 11 is 0. The van der Waals surface area contributed by atoms with E-state index in [1.54, 1.807) is 0 Å². The minimum Gasteiger partial charge on any atom is -0.228 e. The molecule has 1 aromatic heterocycles. The van der Waals surface area contributed by atoms with Gasteiger partial charge in [-0.15, -0.1) is 0 Å². The van der Waals surface area contributed by atoms with E-state index in [2.05, 4.69) is 208 Å². The van der Waals surface area contributed by atoms with Crippen LogP contribution in [0.25, 0.3) is 89.5 Å². The minimum atomic E-state index is -0.225. The number of rotatable bonds is 5. The number of hydrogen-bond acceptors (Lipinski definition) is 2. The van der Waals surface area contributed by atoms with Crippen molar-refractivity contribution in [3.63, 3.8) is 0 Å². The number of fused-ring (bicyclic) bond motifs is 7. The summed E-state index contributed by atoms with van der Waals surface area (Å²) in [6.45, 7) is 4.73. The van der Waals surface area contributed by atoms with Gasteiger partial charge in [-0.1, -0.05) is 208 Å². The summed E-state index contributed by atoms with van der Waals surface area (Å²) in [5.74, 6) is 0.701. The van der Waals surface area contributed by atoms with Gasteiger partial charge in [0.1, 0.15) is 0 Å². The summed E-state index contributed by atoms with van der Waals surface area (Å²) < 4.78 is 0. The summed E-state index contributed by atoms with van der Waals surface area (Å²) in [6, 6.07) is 74.0. The van der Waals surface area contributed by atoms with Gasteiger partial charge in [-0.05, 0) is 78.9 Å². The highest BCUT2D eigenvalue weighted by Crippen LogP contribution is 2.51. The first-order valence-electron chi connectivity index (χ1n) is 19.7. The molecule has 0 radical (unpaired) electrons. The van der Waals surface area contributed by atoms with E-state index in [0.29, 0.717) is 5.82 Å². The lowest BCUT2D eigenvalue weighted by Crippen LogP contribution is -2.20. The maximum absolute atomic E-state index is 5.22. The predicted octanol–water partition coefficient (Wildman–Crippen LogP) is 14.5. The highest BCUT2D eigenvalue weighted by Gasteiger charge is 2.32. The summed E-state index contributed by atoms with van der Waals surface area (Å²) in [5.41, 5.74) is 19.4. The summed E-state index contributed by atoms with van der Waals surface area (Å²) in [6.07, 6.45) is 0. The molecule has 0 fully saturated rings. The molecular formula is C55H40N2. The van der Waals surface area contributed by atoms with Gasteiger partial charge in [0.05, 0.1) is 11.4 Å². The van der Waals surface area contributed by atoms with Crippen molar-refractivity contribution in [3.8, 4) is 89.5 Å². The Morgan fingerprint density at radius 2 is 0.737 bits per heavy atom. The van der Waals surface area contributed by atoms with Gasteiger partial charge in [-0.3, -0.25) is 0 Å². The molecule has 0 saturated heterocycles. The first kappa shape index (κ1) is 34.3. The van der Waals surface area contributed by atoms with E-state index in [-0.39, 0.29) is 5.41 Å². The number of hydrogen-bond donors (Lipinski definition) is 0. The van der Waals surface area contributed by atoms with Crippen molar-refractivity contribution in [1.82, 2.24) is 9.97 Å². The molecule has 0 bridgehead atoms. The lowest BCUT2D eigenvalue weighted by Gasteiger charge is -2.30. The van der Waals surface area contributed by atoms with Gasteiger partial charge in [-0.25, -0.2) is 9.97 Å². The second kappa shape index (κ2) is 14.2. The van der Waals surface area contributed by atoms with Gasteiger partial charge >= 0.3 is 0 Å². The third-order valence-electron chi connectivity index (χ3n) is 11.6.